The van der Waals surface area contributed by atoms with E-state index < -0.39 is 5.41 Å². The highest BCUT2D eigenvalue weighted by Crippen LogP contribution is 2.49. The molecule has 1 spiro atoms. The molecule has 2 aliphatic heterocycles. The smallest absolute Gasteiger partial charge is 0.254 e. The molecule has 3 heterocycles. The lowest BCUT2D eigenvalue weighted by Gasteiger charge is -2.34. The third-order valence-corrected chi connectivity index (χ3v) is 5.60. The highest BCUT2D eigenvalue weighted by Gasteiger charge is 2.58. The number of carbonyl (C=O) groups excluding carboxylic acids is 2. The average Bonchev–Trinajstić information content (AvgIpc) is 3.15. The monoisotopic (exact) mass is 351 g/mol. The Bertz CT molecular complexity index is 936. The second kappa shape index (κ2) is 6.12. The quantitative estimate of drug-likeness (QED) is 0.890. The van der Waals surface area contributed by atoms with Gasteiger partial charge in [-0.2, -0.15) is 0 Å². The molecule has 26 heavy (non-hydrogen) atoms. The van der Waals surface area contributed by atoms with Crippen LogP contribution in [0.4, 0.5) is 5.69 Å². The summed E-state index contributed by atoms with van der Waals surface area (Å²) in [4.78, 5) is 42.0. The molecule has 0 bridgehead atoms. The van der Waals surface area contributed by atoms with Crippen LogP contribution in [-0.4, -0.2) is 34.3 Å². The van der Waals surface area contributed by atoms with Gasteiger partial charge in [-0.3, -0.25) is 14.4 Å². The Morgan fingerprint density at radius 3 is 2.85 bits per heavy atom. The molecule has 1 saturated heterocycles. The molecule has 2 N–H and O–H groups in total. The van der Waals surface area contributed by atoms with Crippen LogP contribution in [-0.2, 0) is 10.2 Å². The Balaban J connectivity index is 1.77. The van der Waals surface area contributed by atoms with E-state index in [1.807, 2.05) is 24.3 Å². The maximum absolute atomic E-state index is 13.1. The molecular weight excluding hydrogens is 330 g/mol. The lowest BCUT2D eigenvalue weighted by Crippen LogP contribution is -2.48. The van der Waals surface area contributed by atoms with Gasteiger partial charge >= 0.3 is 0 Å². The van der Waals surface area contributed by atoms with Gasteiger partial charge in [-0.15, -0.1) is 0 Å². The molecule has 1 aromatic heterocycles. The topological polar surface area (TPSA) is 82.3 Å². The number of pyridine rings is 1. The van der Waals surface area contributed by atoms with Gasteiger partial charge in [-0.05, 0) is 30.5 Å². The van der Waals surface area contributed by atoms with Gasteiger partial charge in [0.1, 0.15) is 0 Å². The Labute approximate surface area is 151 Å². The Kier molecular flexibility index (Phi) is 3.90. The highest BCUT2D eigenvalue weighted by atomic mass is 16.2. The van der Waals surface area contributed by atoms with Gasteiger partial charge in [0.05, 0.1) is 11.5 Å². The number of para-hydroxylation sites is 1. The summed E-state index contributed by atoms with van der Waals surface area (Å²) >= 11 is 0. The van der Waals surface area contributed by atoms with Crippen molar-refractivity contribution in [3.8, 4) is 0 Å². The minimum absolute atomic E-state index is 0.0293. The number of likely N-dealkylation sites (tertiary alicyclic amines) is 1. The summed E-state index contributed by atoms with van der Waals surface area (Å²) in [5, 5.41) is 3.00. The van der Waals surface area contributed by atoms with E-state index in [2.05, 4.69) is 17.2 Å². The fourth-order valence-electron chi connectivity index (χ4n) is 4.46. The van der Waals surface area contributed by atoms with E-state index in [1.54, 1.807) is 11.0 Å². The number of rotatable bonds is 3. The van der Waals surface area contributed by atoms with E-state index in [9.17, 15) is 14.4 Å². The number of H-pyrrole nitrogens is 1. The van der Waals surface area contributed by atoms with Crippen LogP contribution in [0.2, 0.25) is 0 Å². The zero-order chi connectivity index (χ0) is 18.3. The highest BCUT2D eigenvalue weighted by molar-refractivity contribution is 6.08. The summed E-state index contributed by atoms with van der Waals surface area (Å²) in [6.07, 6.45) is 3.67. The summed E-state index contributed by atoms with van der Waals surface area (Å²) in [6, 6.07) is 10.4. The minimum atomic E-state index is -0.705. The first-order valence-corrected chi connectivity index (χ1v) is 8.98. The van der Waals surface area contributed by atoms with Crippen LogP contribution >= 0.6 is 0 Å². The van der Waals surface area contributed by atoms with E-state index in [1.165, 1.54) is 12.3 Å². The predicted molar refractivity (Wildman–Crippen MR) is 98.2 cm³/mol. The maximum Gasteiger partial charge on any atom is 0.254 e. The van der Waals surface area contributed by atoms with Crippen molar-refractivity contribution < 1.29 is 9.59 Å². The SMILES string of the molecule is CCC[C@@H]1N(C(=O)c2cc[nH]c(=O)c2)CC[C@]12C(=O)Nc1ccccc12. The fourth-order valence-corrected chi connectivity index (χ4v) is 4.46. The van der Waals surface area contributed by atoms with Crippen LogP contribution in [0, 0.1) is 0 Å². The Morgan fingerprint density at radius 2 is 2.08 bits per heavy atom. The van der Waals surface area contributed by atoms with E-state index in [-0.39, 0.29) is 23.4 Å². The standard InChI is InChI=1S/C20H21N3O3/c1-2-5-16-20(14-6-3-4-7-15(14)22-19(20)26)9-11-23(16)18(25)13-8-10-21-17(24)12-13/h3-4,6-8,10,12,16H,2,5,9,11H2,1H3,(H,21,24)(H,22,26)/t16-,20+/m0/s1. The molecule has 0 saturated carbocycles. The third kappa shape index (κ3) is 2.29. The zero-order valence-corrected chi connectivity index (χ0v) is 14.6. The van der Waals surface area contributed by atoms with E-state index in [0.29, 0.717) is 18.5 Å². The van der Waals surface area contributed by atoms with Crippen molar-refractivity contribution in [1.82, 2.24) is 9.88 Å². The van der Waals surface area contributed by atoms with Crippen molar-refractivity contribution in [2.75, 3.05) is 11.9 Å². The van der Waals surface area contributed by atoms with Crippen LogP contribution in [0.1, 0.15) is 42.1 Å². The van der Waals surface area contributed by atoms with Crippen LogP contribution in [0.5, 0.6) is 0 Å². The van der Waals surface area contributed by atoms with Crippen molar-refractivity contribution in [2.24, 2.45) is 0 Å². The molecular formula is C20H21N3O3. The number of hydrogen-bond donors (Lipinski definition) is 2. The summed E-state index contributed by atoms with van der Waals surface area (Å²) < 4.78 is 0. The average molecular weight is 351 g/mol. The fraction of sp³-hybridized carbons (Fsp3) is 0.350. The first-order chi connectivity index (χ1) is 12.6. The predicted octanol–water partition coefficient (Wildman–Crippen LogP) is 2.28. The normalized spacial score (nSPS) is 24.0. The molecule has 2 amide bonds. The summed E-state index contributed by atoms with van der Waals surface area (Å²) in [7, 11) is 0. The van der Waals surface area contributed by atoms with Crippen LogP contribution in [0.25, 0.3) is 0 Å². The first kappa shape index (κ1) is 16.6. The molecule has 6 heteroatoms. The molecule has 6 nitrogen and oxygen atoms in total. The Morgan fingerprint density at radius 1 is 1.27 bits per heavy atom. The number of carbonyl (C=O) groups is 2. The molecule has 1 aromatic carbocycles. The number of nitrogens with one attached hydrogen (secondary N) is 2. The molecule has 2 aromatic rings. The number of nitrogens with zero attached hydrogens (tertiary/aromatic N) is 1. The molecule has 134 valence electrons. The van der Waals surface area contributed by atoms with Gasteiger partial charge < -0.3 is 15.2 Å². The molecule has 2 aliphatic rings. The van der Waals surface area contributed by atoms with Gasteiger partial charge in [0.15, 0.2) is 0 Å². The van der Waals surface area contributed by atoms with Crippen LogP contribution in [0.15, 0.2) is 47.4 Å². The van der Waals surface area contributed by atoms with E-state index in [0.717, 1.165) is 24.1 Å². The second-order valence-corrected chi connectivity index (χ2v) is 6.97. The number of aromatic amines is 1. The number of fused-ring (bicyclic) bond motifs is 2. The summed E-state index contributed by atoms with van der Waals surface area (Å²) in [6.45, 7) is 2.55. The third-order valence-electron chi connectivity index (χ3n) is 5.60. The zero-order valence-electron chi connectivity index (χ0n) is 14.6. The first-order valence-electron chi connectivity index (χ1n) is 8.98. The number of aromatic nitrogens is 1. The van der Waals surface area contributed by atoms with E-state index in [4.69, 9.17) is 0 Å². The lowest BCUT2D eigenvalue weighted by molar-refractivity contribution is -0.121. The van der Waals surface area contributed by atoms with Crippen LogP contribution < -0.4 is 10.9 Å². The Hall–Kier alpha value is -2.89. The lowest BCUT2D eigenvalue weighted by atomic mass is 9.73. The van der Waals surface area contributed by atoms with Gasteiger partial charge in [-0.1, -0.05) is 31.5 Å². The summed E-state index contributed by atoms with van der Waals surface area (Å²) in [5.41, 5.74) is 1.16. The number of benzene rings is 1. The van der Waals surface area contributed by atoms with Crippen molar-refractivity contribution >= 4 is 17.5 Å². The number of anilines is 1. The number of amides is 2. The van der Waals surface area contributed by atoms with Crippen molar-refractivity contribution in [2.45, 2.75) is 37.6 Å². The van der Waals surface area contributed by atoms with Crippen molar-refractivity contribution in [3.63, 3.8) is 0 Å². The van der Waals surface area contributed by atoms with Gasteiger partial charge in [0.25, 0.3) is 5.91 Å². The number of hydrogen-bond acceptors (Lipinski definition) is 3. The maximum atomic E-state index is 13.1. The molecule has 0 radical (unpaired) electrons. The van der Waals surface area contributed by atoms with Gasteiger partial charge in [0.2, 0.25) is 11.5 Å². The van der Waals surface area contributed by atoms with Gasteiger partial charge in [-0.25, -0.2) is 0 Å². The van der Waals surface area contributed by atoms with Crippen LogP contribution in [0.3, 0.4) is 0 Å². The molecule has 0 unspecified atom stereocenters. The molecule has 0 aliphatic carbocycles. The molecule has 1 fully saturated rings. The largest absolute Gasteiger partial charge is 0.334 e. The molecule has 4 rings (SSSR count). The van der Waals surface area contributed by atoms with Gasteiger partial charge in [0, 0.05) is 30.1 Å². The van der Waals surface area contributed by atoms with Crippen molar-refractivity contribution in [1.29, 1.82) is 0 Å². The van der Waals surface area contributed by atoms with Crippen molar-refractivity contribution in [3.05, 3.63) is 64.1 Å². The minimum Gasteiger partial charge on any atom is -0.334 e. The second-order valence-electron chi connectivity index (χ2n) is 6.97. The van der Waals surface area contributed by atoms with E-state index >= 15 is 0 Å². The molecule has 2 atom stereocenters. The summed E-state index contributed by atoms with van der Waals surface area (Å²) in [5.74, 6) is -0.220.